The first-order valence-corrected chi connectivity index (χ1v) is 21.0. The Labute approximate surface area is 357 Å². The molecule has 286 valence electrons. The lowest BCUT2D eigenvalue weighted by Crippen LogP contribution is -2.12. The monoisotopic (exact) mass is 775 g/mol. The quantitative estimate of drug-likeness (QED) is 0.149. The van der Waals surface area contributed by atoms with Crippen molar-refractivity contribution in [1.29, 1.82) is 0 Å². The highest BCUT2D eigenvalue weighted by atomic mass is 15.1. The first kappa shape index (κ1) is 36.1. The Hall–Kier alpha value is -8.00. The zero-order chi connectivity index (χ0) is 40.5. The van der Waals surface area contributed by atoms with E-state index in [1.165, 1.54) is 76.8 Å². The van der Waals surface area contributed by atoms with Gasteiger partial charge in [-0.15, -0.1) is 0 Å². The van der Waals surface area contributed by atoms with Crippen LogP contribution in [0.2, 0.25) is 0 Å². The van der Waals surface area contributed by atoms with Crippen LogP contribution in [0.4, 0.5) is 17.1 Å². The van der Waals surface area contributed by atoms with Gasteiger partial charge in [0.05, 0.1) is 11.4 Å². The highest BCUT2D eigenvalue weighted by Gasteiger charge is 2.21. The van der Waals surface area contributed by atoms with Crippen molar-refractivity contribution in [2.24, 2.45) is 0 Å². The molecular formula is C60H41N. The van der Waals surface area contributed by atoms with Gasteiger partial charge in [0.15, 0.2) is 0 Å². The maximum Gasteiger partial charge on any atom is 0.0546 e. The third kappa shape index (κ3) is 6.93. The summed E-state index contributed by atoms with van der Waals surface area (Å²) in [6.07, 6.45) is 0. The fourth-order valence-corrected chi connectivity index (χ4v) is 8.93. The second kappa shape index (κ2) is 15.6. The van der Waals surface area contributed by atoms with E-state index in [0.717, 1.165) is 28.2 Å². The topological polar surface area (TPSA) is 3.24 Å². The van der Waals surface area contributed by atoms with Gasteiger partial charge in [0.2, 0.25) is 0 Å². The van der Waals surface area contributed by atoms with E-state index in [2.05, 4.69) is 254 Å². The van der Waals surface area contributed by atoms with Crippen LogP contribution in [0.5, 0.6) is 0 Å². The Morgan fingerprint density at radius 1 is 0.213 bits per heavy atom. The second-order valence-corrected chi connectivity index (χ2v) is 15.7. The average molecular weight is 776 g/mol. The van der Waals surface area contributed by atoms with Crippen LogP contribution in [0.15, 0.2) is 249 Å². The number of hydrogen-bond acceptors (Lipinski definition) is 1. The van der Waals surface area contributed by atoms with Crippen LogP contribution in [0.3, 0.4) is 0 Å². The minimum absolute atomic E-state index is 1.09. The maximum atomic E-state index is 2.47. The molecule has 61 heavy (non-hydrogen) atoms. The van der Waals surface area contributed by atoms with E-state index in [1.807, 2.05) is 0 Å². The number of fused-ring (bicyclic) bond motifs is 3. The minimum atomic E-state index is 1.09. The van der Waals surface area contributed by atoms with Crippen LogP contribution in [0.1, 0.15) is 0 Å². The molecule has 0 N–H and O–H groups in total. The number of anilines is 3. The Bertz CT molecular complexity index is 3340. The molecule has 0 saturated carbocycles. The maximum absolute atomic E-state index is 2.47. The normalized spacial score (nSPS) is 11.3. The van der Waals surface area contributed by atoms with Crippen LogP contribution in [0.25, 0.3) is 88.0 Å². The third-order valence-electron chi connectivity index (χ3n) is 12.0. The summed E-state index contributed by atoms with van der Waals surface area (Å²) in [5.74, 6) is 0. The van der Waals surface area contributed by atoms with Crippen molar-refractivity contribution < 1.29 is 0 Å². The van der Waals surface area contributed by atoms with Gasteiger partial charge in [0, 0.05) is 16.6 Å². The standard InChI is InChI=1S/C60H41N/c1-3-16-45(17-4-1)55-36-32-51(40-58(55)47-18-5-2-6-19-47)44-30-34-54(35-31-44)61(59-25-13-23-46-20-11-12-24-56(46)59)60-41-52(50-28-26-42-14-7-9-21-48(42)38-50)33-37-57(60)53-29-27-43-15-8-10-22-49(43)39-53/h1-41H. The summed E-state index contributed by atoms with van der Waals surface area (Å²) in [7, 11) is 0. The summed E-state index contributed by atoms with van der Waals surface area (Å²) in [6.45, 7) is 0. The fourth-order valence-electron chi connectivity index (χ4n) is 8.93. The average Bonchev–Trinajstić information content (AvgIpc) is 3.34. The van der Waals surface area contributed by atoms with E-state index >= 15 is 0 Å². The lowest BCUT2D eigenvalue weighted by molar-refractivity contribution is 1.30. The van der Waals surface area contributed by atoms with E-state index < -0.39 is 0 Å². The number of hydrogen-bond donors (Lipinski definition) is 0. The molecule has 1 nitrogen and oxygen atoms in total. The zero-order valence-electron chi connectivity index (χ0n) is 33.6. The largest absolute Gasteiger partial charge is 0.309 e. The first-order chi connectivity index (χ1) is 30.2. The van der Waals surface area contributed by atoms with E-state index in [4.69, 9.17) is 0 Å². The van der Waals surface area contributed by atoms with Gasteiger partial charge in [-0.1, -0.05) is 206 Å². The molecule has 0 saturated heterocycles. The van der Waals surface area contributed by atoms with E-state index in [0.29, 0.717) is 0 Å². The molecule has 11 aromatic carbocycles. The molecule has 0 spiro atoms. The molecule has 0 bridgehead atoms. The van der Waals surface area contributed by atoms with Gasteiger partial charge in [0.25, 0.3) is 0 Å². The Morgan fingerprint density at radius 3 is 1.38 bits per heavy atom. The Kier molecular flexibility index (Phi) is 9.26. The van der Waals surface area contributed by atoms with E-state index in [-0.39, 0.29) is 0 Å². The molecular weight excluding hydrogens is 735 g/mol. The molecule has 0 heterocycles. The second-order valence-electron chi connectivity index (χ2n) is 15.7. The van der Waals surface area contributed by atoms with E-state index in [9.17, 15) is 0 Å². The highest BCUT2D eigenvalue weighted by Crippen LogP contribution is 2.46. The molecule has 0 radical (unpaired) electrons. The van der Waals surface area contributed by atoms with Gasteiger partial charge in [-0.2, -0.15) is 0 Å². The third-order valence-corrected chi connectivity index (χ3v) is 12.0. The van der Waals surface area contributed by atoms with Crippen molar-refractivity contribution in [1.82, 2.24) is 0 Å². The highest BCUT2D eigenvalue weighted by molar-refractivity contribution is 6.03. The zero-order valence-corrected chi connectivity index (χ0v) is 33.6. The summed E-state index contributed by atoms with van der Waals surface area (Å²) in [6, 6.07) is 90.7. The summed E-state index contributed by atoms with van der Waals surface area (Å²) < 4.78 is 0. The van der Waals surface area contributed by atoms with Gasteiger partial charge >= 0.3 is 0 Å². The molecule has 1 heteroatoms. The number of nitrogens with zero attached hydrogens (tertiary/aromatic N) is 1. The van der Waals surface area contributed by atoms with Crippen molar-refractivity contribution in [3.05, 3.63) is 249 Å². The SMILES string of the molecule is c1ccc(-c2ccc(-c3ccc(N(c4cc(-c5ccc6ccccc6c5)ccc4-c4ccc5ccccc5c4)c4cccc5ccccc45)cc3)cc2-c2ccccc2)cc1. The molecule has 11 aromatic rings. The predicted octanol–water partition coefficient (Wildman–Crippen LogP) is 17.0. The molecule has 0 fully saturated rings. The molecule has 0 amide bonds. The van der Waals surface area contributed by atoms with Crippen LogP contribution in [0, 0.1) is 0 Å². The molecule has 0 aliphatic rings. The van der Waals surface area contributed by atoms with Crippen LogP contribution in [-0.4, -0.2) is 0 Å². The Morgan fingerprint density at radius 2 is 0.689 bits per heavy atom. The molecule has 0 aromatic heterocycles. The van der Waals surface area contributed by atoms with Crippen molar-refractivity contribution in [3.8, 4) is 55.6 Å². The summed E-state index contributed by atoms with van der Waals surface area (Å²) in [5, 5.41) is 7.31. The number of benzene rings is 11. The van der Waals surface area contributed by atoms with E-state index in [1.54, 1.807) is 0 Å². The summed E-state index contributed by atoms with van der Waals surface area (Å²) in [4.78, 5) is 2.47. The summed E-state index contributed by atoms with van der Waals surface area (Å²) in [5.41, 5.74) is 15.2. The lowest BCUT2D eigenvalue weighted by Gasteiger charge is -2.30. The fraction of sp³-hybridized carbons (Fsp3) is 0. The van der Waals surface area contributed by atoms with Crippen LogP contribution >= 0.6 is 0 Å². The van der Waals surface area contributed by atoms with Crippen LogP contribution in [-0.2, 0) is 0 Å². The van der Waals surface area contributed by atoms with Crippen molar-refractivity contribution >= 4 is 49.4 Å². The predicted molar refractivity (Wildman–Crippen MR) is 261 cm³/mol. The molecule has 11 rings (SSSR count). The minimum Gasteiger partial charge on any atom is -0.309 e. The molecule has 0 unspecified atom stereocenters. The molecule has 0 aliphatic heterocycles. The van der Waals surface area contributed by atoms with Crippen molar-refractivity contribution in [3.63, 3.8) is 0 Å². The first-order valence-electron chi connectivity index (χ1n) is 21.0. The molecule has 0 aliphatic carbocycles. The van der Waals surface area contributed by atoms with Gasteiger partial charge in [-0.25, -0.2) is 0 Å². The molecule has 0 atom stereocenters. The smallest absolute Gasteiger partial charge is 0.0546 e. The van der Waals surface area contributed by atoms with Gasteiger partial charge in [-0.3, -0.25) is 0 Å². The van der Waals surface area contributed by atoms with Crippen molar-refractivity contribution in [2.45, 2.75) is 0 Å². The summed E-state index contributed by atoms with van der Waals surface area (Å²) >= 11 is 0. The lowest BCUT2D eigenvalue weighted by atomic mass is 9.91. The van der Waals surface area contributed by atoms with Gasteiger partial charge in [0.1, 0.15) is 0 Å². The number of rotatable bonds is 8. The van der Waals surface area contributed by atoms with Crippen molar-refractivity contribution in [2.75, 3.05) is 4.90 Å². The van der Waals surface area contributed by atoms with Gasteiger partial charge < -0.3 is 4.90 Å². The van der Waals surface area contributed by atoms with Gasteiger partial charge in [-0.05, 0) is 119 Å². The Balaban J connectivity index is 1.10. The van der Waals surface area contributed by atoms with Crippen LogP contribution < -0.4 is 4.90 Å².